The fourth-order valence-electron chi connectivity index (χ4n) is 3.98. The van der Waals surface area contributed by atoms with Gasteiger partial charge in [-0.2, -0.15) is 0 Å². The van der Waals surface area contributed by atoms with E-state index in [1.807, 2.05) is 65.6 Å². The minimum absolute atomic E-state index is 0. The average molecular weight is 407 g/mol. The molecule has 0 spiro atoms. The average Bonchev–Trinajstić information content (AvgIpc) is 2.77. The van der Waals surface area contributed by atoms with Gasteiger partial charge in [0.15, 0.2) is 0 Å². The number of carbonyl (C=O) groups excluding carboxylic acids is 1. The van der Waals surface area contributed by atoms with Crippen molar-refractivity contribution in [2.75, 3.05) is 18.0 Å². The molecule has 1 amide bonds. The number of likely N-dealkylation sites (tertiary alicyclic amines) is 1. The van der Waals surface area contributed by atoms with E-state index in [1.165, 1.54) is 5.56 Å². The second kappa shape index (κ2) is 10.2. The Morgan fingerprint density at radius 3 is 1.90 bits per heavy atom. The molecule has 3 aromatic carbocycles. The van der Waals surface area contributed by atoms with Crippen LogP contribution >= 0.6 is 12.4 Å². The number of amides is 1. The first kappa shape index (κ1) is 21.1. The molecule has 0 unspecified atom stereocenters. The summed E-state index contributed by atoms with van der Waals surface area (Å²) in [6, 6.07) is 30.5. The molecular formula is C25H27ClN2O. The Labute approximate surface area is 179 Å². The summed E-state index contributed by atoms with van der Waals surface area (Å²) in [6.45, 7) is 2.99. The predicted octanol–water partition coefficient (Wildman–Crippen LogP) is 5.42. The summed E-state index contributed by atoms with van der Waals surface area (Å²) >= 11 is 0. The van der Waals surface area contributed by atoms with Crippen LogP contribution in [-0.2, 0) is 6.54 Å². The van der Waals surface area contributed by atoms with Gasteiger partial charge >= 0.3 is 0 Å². The van der Waals surface area contributed by atoms with Crippen LogP contribution in [0.1, 0.15) is 28.8 Å². The molecule has 1 aliphatic heterocycles. The molecule has 0 saturated carbocycles. The number of anilines is 1. The summed E-state index contributed by atoms with van der Waals surface area (Å²) in [4.78, 5) is 17.8. The molecule has 4 heteroatoms. The van der Waals surface area contributed by atoms with Gasteiger partial charge in [-0.3, -0.25) is 9.69 Å². The number of hydrogen-bond donors (Lipinski definition) is 0. The lowest BCUT2D eigenvalue weighted by molar-refractivity contribution is 0.0958. The van der Waals surface area contributed by atoms with Crippen molar-refractivity contribution in [3.8, 4) is 0 Å². The van der Waals surface area contributed by atoms with E-state index < -0.39 is 0 Å². The number of carbonyl (C=O) groups is 1. The molecule has 1 fully saturated rings. The highest BCUT2D eigenvalue weighted by molar-refractivity contribution is 6.06. The van der Waals surface area contributed by atoms with E-state index in [2.05, 4.69) is 35.2 Å². The Kier molecular flexibility index (Phi) is 7.45. The van der Waals surface area contributed by atoms with Crippen molar-refractivity contribution in [3.63, 3.8) is 0 Å². The lowest BCUT2D eigenvalue weighted by Gasteiger charge is -2.38. The number of piperidine rings is 1. The van der Waals surface area contributed by atoms with Crippen molar-refractivity contribution in [1.82, 2.24) is 4.90 Å². The standard InChI is InChI=1S/C25H26N2O.ClH/c28-25(22-12-6-2-7-13-22)27(23-14-8-3-9-15-23)24-16-18-26(19-17-24)20-21-10-4-1-5-11-21;/h1-15,24H,16-20H2;1H. The summed E-state index contributed by atoms with van der Waals surface area (Å²) < 4.78 is 0. The van der Waals surface area contributed by atoms with Crippen molar-refractivity contribution >= 4 is 24.0 Å². The van der Waals surface area contributed by atoms with Crippen molar-refractivity contribution in [1.29, 1.82) is 0 Å². The molecule has 0 bridgehead atoms. The minimum atomic E-state index is 0. The van der Waals surface area contributed by atoms with Gasteiger partial charge in [-0.15, -0.1) is 12.4 Å². The monoisotopic (exact) mass is 406 g/mol. The van der Waals surface area contributed by atoms with Gasteiger partial charge in [0.05, 0.1) is 0 Å². The number of hydrogen-bond acceptors (Lipinski definition) is 2. The lowest BCUT2D eigenvalue weighted by atomic mass is 10.00. The predicted molar refractivity (Wildman–Crippen MR) is 122 cm³/mol. The molecular weight excluding hydrogens is 380 g/mol. The van der Waals surface area contributed by atoms with E-state index in [4.69, 9.17) is 0 Å². The van der Waals surface area contributed by atoms with Gasteiger partial charge in [-0.25, -0.2) is 0 Å². The Hall–Kier alpha value is -2.62. The Morgan fingerprint density at radius 1 is 0.793 bits per heavy atom. The van der Waals surface area contributed by atoms with Crippen molar-refractivity contribution in [2.45, 2.75) is 25.4 Å². The number of para-hydroxylation sites is 1. The number of halogens is 1. The van der Waals surface area contributed by atoms with E-state index in [9.17, 15) is 4.79 Å². The van der Waals surface area contributed by atoms with Gasteiger partial charge in [0.1, 0.15) is 0 Å². The fraction of sp³-hybridized carbons (Fsp3) is 0.240. The van der Waals surface area contributed by atoms with Crippen LogP contribution in [0, 0.1) is 0 Å². The maximum Gasteiger partial charge on any atom is 0.258 e. The topological polar surface area (TPSA) is 23.6 Å². The van der Waals surface area contributed by atoms with Crippen LogP contribution in [0.15, 0.2) is 91.0 Å². The molecule has 0 atom stereocenters. The van der Waals surface area contributed by atoms with Crippen LogP contribution in [0.5, 0.6) is 0 Å². The number of nitrogens with zero attached hydrogens (tertiary/aromatic N) is 2. The highest BCUT2D eigenvalue weighted by atomic mass is 35.5. The van der Waals surface area contributed by atoms with Gasteiger partial charge < -0.3 is 4.90 Å². The van der Waals surface area contributed by atoms with Gasteiger partial charge in [0, 0.05) is 36.9 Å². The molecule has 4 rings (SSSR count). The first-order valence-corrected chi connectivity index (χ1v) is 10.0. The summed E-state index contributed by atoms with van der Waals surface area (Å²) in [6.07, 6.45) is 1.97. The molecule has 0 aliphatic carbocycles. The molecule has 3 aromatic rings. The van der Waals surface area contributed by atoms with E-state index in [0.717, 1.165) is 43.7 Å². The van der Waals surface area contributed by atoms with Crippen LogP contribution in [0.25, 0.3) is 0 Å². The maximum absolute atomic E-state index is 13.3. The van der Waals surface area contributed by atoms with Crippen LogP contribution in [-0.4, -0.2) is 29.9 Å². The van der Waals surface area contributed by atoms with Crippen molar-refractivity contribution in [3.05, 3.63) is 102 Å². The largest absolute Gasteiger partial charge is 0.305 e. The third-order valence-corrected chi connectivity index (χ3v) is 5.45. The summed E-state index contributed by atoms with van der Waals surface area (Å²) in [5.41, 5.74) is 3.08. The SMILES string of the molecule is Cl.O=C(c1ccccc1)N(c1ccccc1)C1CCN(Cc2ccccc2)CC1. The summed E-state index contributed by atoms with van der Waals surface area (Å²) in [5.74, 6) is 0.0910. The highest BCUT2D eigenvalue weighted by Crippen LogP contribution is 2.26. The second-order valence-corrected chi connectivity index (χ2v) is 7.37. The minimum Gasteiger partial charge on any atom is -0.305 e. The highest BCUT2D eigenvalue weighted by Gasteiger charge is 2.29. The zero-order valence-electron chi connectivity index (χ0n) is 16.5. The first-order valence-electron chi connectivity index (χ1n) is 10.0. The van der Waals surface area contributed by atoms with Gasteiger partial charge in [0.2, 0.25) is 0 Å². The molecule has 3 nitrogen and oxygen atoms in total. The van der Waals surface area contributed by atoms with Gasteiger partial charge in [-0.1, -0.05) is 66.7 Å². The summed E-state index contributed by atoms with van der Waals surface area (Å²) in [7, 11) is 0. The second-order valence-electron chi connectivity index (χ2n) is 7.37. The molecule has 1 saturated heterocycles. The van der Waals surface area contributed by atoms with Crippen molar-refractivity contribution in [2.24, 2.45) is 0 Å². The van der Waals surface area contributed by atoms with E-state index in [-0.39, 0.29) is 24.4 Å². The third-order valence-electron chi connectivity index (χ3n) is 5.45. The van der Waals surface area contributed by atoms with Crippen LogP contribution < -0.4 is 4.90 Å². The molecule has 0 radical (unpaired) electrons. The van der Waals surface area contributed by atoms with Crippen LogP contribution in [0.3, 0.4) is 0 Å². The molecule has 1 aliphatic rings. The Morgan fingerprint density at radius 2 is 1.31 bits per heavy atom. The maximum atomic E-state index is 13.3. The van der Waals surface area contributed by atoms with E-state index >= 15 is 0 Å². The molecule has 0 aromatic heterocycles. The molecule has 1 heterocycles. The molecule has 29 heavy (non-hydrogen) atoms. The number of benzene rings is 3. The van der Waals surface area contributed by atoms with Gasteiger partial charge in [-0.05, 0) is 42.7 Å². The smallest absolute Gasteiger partial charge is 0.258 e. The Bertz CT molecular complexity index is 878. The zero-order valence-corrected chi connectivity index (χ0v) is 17.3. The van der Waals surface area contributed by atoms with Crippen molar-refractivity contribution < 1.29 is 4.79 Å². The molecule has 150 valence electrons. The van der Waals surface area contributed by atoms with Crippen LogP contribution in [0.2, 0.25) is 0 Å². The lowest BCUT2D eigenvalue weighted by Crippen LogP contribution is -2.47. The summed E-state index contributed by atoms with van der Waals surface area (Å²) in [5, 5.41) is 0. The van der Waals surface area contributed by atoms with E-state index in [0.29, 0.717) is 0 Å². The van der Waals surface area contributed by atoms with Gasteiger partial charge in [0.25, 0.3) is 5.91 Å². The Balaban J connectivity index is 0.00000240. The zero-order chi connectivity index (χ0) is 19.2. The number of rotatable bonds is 5. The third kappa shape index (κ3) is 5.26. The fourth-order valence-corrected chi connectivity index (χ4v) is 3.98. The quantitative estimate of drug-likeness (QED) is 0.564. The molecule has 0 N–H and O–H groups in total. The first-order chi connectivity index (χ1) is 13.8. The van der Waals surface area contributed by atoms with Crippen LogP contribution in [0.4, 0.5) is 5.69 Å². The van der Waals surface area contributed by atoms with E-state index in [1.54, 1.807) is 0 Å². The normalized spacial score (nSPS) is 14.8.